The molecule has 2 bridgehead atoms. The number of carbonyl (C=O) groups is 1. The van der Waals surface area contributed by atoms with Crippen molar-refractivity contribution < 1.29 is 9.18 Å². The summed E-state index contributed by atoms with van der Waals surface area (Å²) in [6.07, 6.45) is 8.69. The first-order chi connectivity index (χ1) is 16.5. The number of aryl methyl sites for hydroxylation is 1. The fraction of sp³-hybridized carbons (Fsp3) is 0.500. The largest absolute Gasteiger partial charge is 0.371 e. The third kappa shape index (κ3) is 5.00. The molecule has 2 aliphatic heterocycles. The first-order valence-corrected chi connectivity index (χ1v) is 12.3. The number of carbonyl (C=O) groups excluding carboxylic acids is 1. The van der Waals surface area contributed by atoms with E-state index in [2.05, 4.69) is 51.7 Å². The summed E-state index contributed by atoms with van der Waals surface area (Å²) < 4.78 is 14.3. The van der Waals surface area contributed by atoms with Crippen LogP contribution in [0.3, 0.4) is 0 Å². The van der Waals surface area contributed by atoms with Crippen molar-refractivity contribution in [2.75, 3.05) is 23.3 Å². The first kappa shape index (κ1) is 24.0. The molecule has 0 radical (unpaired) electrons. The molecule has 2 heterocycles. The van der Waals surface area contributed by atoms with Crippen LogP contribution in [0, 0.1) is 24.7 Å². The maximum absolute atomic E-state index is 14.3. The molecular formula is C26H35FN6O. The maximum Gasteiger partial charge on any atom is 0.223 e. The average molecular weight is 467 g/mol. The van der Waals surface area contributed by atoms with Gasteiger partial charge in [0.05, 0.1) is 24.6 Å². The molecule has 4 aliphatic rings. The summed E-state index contributed by atoms with van der Waals surface area (Å²) in [5.74, 6) is 0.0647. The Labute approximate surface area is 201 Å². The molecule has 0 aromatic heterocycles. The van der Waals surface area contributed by atoms with E-state index in [-0.39, 0.29) is 42.0 Å². The standard InChI is InChI=1S/C24H29FN6O.C2H6/c1-14-10-18(6-7-19(14)31-8-2-3-9-31)28-24-27-13-17(25)12-20(30-24)29-22-16-5-4-15(11-16)21(22)23(26)32;1-2/h4-7,10,13,15-16,21-22H,2-3,8-9,11-12H2,1H3,(H2,26,32)(H2,27,28,29,30);1-2H3. The Morgan fingerprint density at radius 3 is 2.68 bits per heavy atom. The molecule has 4 unspecified atom stereocenters. The molecule has 1 saturated carbocycles. The minimum Gasteiger partial charge on any atom is -0.371 e. The van der Waals surface area contributed by atoms with Gasteiger partial charge in [-0.05, 0) is 55.9 Å². The molecule has 7 nitrogen and oxygen atoms in total. The Bertz CT molecular complexity index is 1040. The van der Waals surface area contributed by atoms with Gasteiger partial charge in [0.1, 0.15) is 11.7 Å². The molecule has 4 atom stereocenters. The van der Waals surface area contributed by atoms with Gasteiger partial charge in [0.2, 0.25) is 11.9 Å². The van der Waals surface area contributed by atoms with Crippen molar-refractivity contribution in [2.45, 2.75) is 52.5 Å². The van der Waals surface area contributed by atoms with Crippen molar-refractivity contribution in [1.82, 2.24) is 5.32 Å². The smallest absolute Gasteiger partial charge is 0.223 e. The first-order valence-electron chi connectivity index (χ1n) is 12.3. The highest BCUT2D eigenvalue weighted by Crippen LogP contribution is 2.45. The number of nitrogens with two attached hydrogens (primary N) is 1. The second-order valence-electron chi connectivity index (χ2n) is 9.12. The van der Waals surface area contributed by atoms with Gasteiger partial charge in [0.25, 0.3) is 0 Å². The van der Waals surface area contributed by atoms with Crippen LogP contribution < -0.4 is 21.3 Å². The number of guanidine groups is 1. The van der Waals surface area contributed by atoms with E-state index in [1.165, 1.54) is 30.3 Å². The Kier molecular flexibility index (Phi) is 7.34. The van der Waals surface area contributed by atoms with Gasteiger partial charge in [-0.25, -0.2) is 9.38 Å². The number of allylic oxidation sites excluding steroid dienone is 1. The number of rotatable bonds is 4. The summed E-state index contributed by atoms with van der Waals surface area (Å²) in [6, 6.07) is 5.93. The van der Waals surface area contributed by atoms with Gasteiger partial charge in [0, 0.05) is 30.4 Å². The summed E-state index contributed by atoms with van der Waals surface area (Å²) in [6.45, 7) is 8.28. The highest BCUT2D eigenvalue weighted by molar-refractivity contribution is 6.07. The quantitative estimate of drug-likeness (QED) is 0.578. The van der Waals surface area contributed by atoms with Crippen LogP contribution in [-0.2, 0) is 4.79 Å². The van der Waals surface area contributed by atoms with E-state index >= 15 is 0 Å². The third-order valence-corrected chi connectivity index (χ3v) is 6.89. The lowest BCUT2D eigenvalue weighted by Gasteiger charge is -2.23. The molecule has 182 valence electrons. The number of nitrogens with one attached hydrogen (secondary N) is 2. The number of amidine groups is 1. The number of hydrogen-bond acceptors (Lipinski definition) is 5. The van der Waals surface area contributed by atoms with Crippen molar-refractivity contribution in [3.05, 3.63) is 47.9 Å². The number of amides is 1. The van der Waals surface area contributed by atoms with E-state index < -0.39 is 0 Å². The molecule has 8 heteroatoms. The second kappa shape index (κ2) is 10.4. The van der Waals surface area contributed by atoms with Crippen LogP contribution in [0.15, 0.2) is 52.4 Å². The van der Waals surface area contributed by atoms with Crippen molar-refractivity contribution in [3.63, 3.8) is 0 Å². The summed E-state index contributed by atoms with van der Waals surface area (Å²) in [7, 11) is 0. The number of nitrogens with zero attached hydrogens (tertiary/aromatic N) is 3. The lowest BCUT2D eigenvalue weighted by Crippen LogP contribution is -2.39. The minimum absolute atomic E-state index is 0.00465. The normalized spacial score (nSPS) is 28.6. The third-order valence-electron chi connectivity index (χ3n) is 6.89. The fourth-order valence-electron chi connectivity index (χ4n) is 5.41. The number of benzene rings is 1. The topological polar surface area (TPSA) is 95.1 Å². The molecule has 4 N–H and O–H groups in total. The van der Waals surface area contributed by atoms with Crippen LogP contribution >= 0.6 is 0 Å². The van der Waals surface area contributed by atoms with Gasteiger partial charge in [-0.2, -0.15) is 0 Å². The Hall–Kier alpha value is -3.16. The van der Waals surface area contributed by atoms with E-state index in [9.17, 15) is 9.18 Å². The summed E-state index contributed by atoms with van der Waals surface area (Å²) in [4.78, 5) is 23.4. The number of aliphatic imine (C=N–C) groups is 2. The van der Waals surface area contributed by atoms with E-state index in [1.54, 1.807) is 0 Å². The lowest BCUT2D eigenvalue weighted by atomic mass is 9.88. The van der Waals surface area contributed by atoms with E-state index in [1.807, 2.05) is 19.9 Å². The van der Waals surface area contributed by atoms with Gasteiger partial charge < -0.3 is 21.3 Å². The second-order valence-corrected chi connectivity index (χ2v) is 9.12. The van der Waals surface area contributed by atoms with Crippen molar-refractivity contribution in [2.24, 2.45) is 33.5 Å². The molecule has 2 fully saturated rings. The number of hydrogen-bond donors (Lipinski definition) is 3. The Morgan fingerprint density at radius 2 is 1.97 bits per heavy atom. The van der Waals surface area contributed by atoms with Crippen LogP contribution in [0.1, 0.15) is 45.1 Å². The van der Waals surface area contributed by atoms with E-state index in [4.69, 9.17) is 10.7 Å². The maximum atomic E-state index is 14.3. The van der Waals surface area contributed by atoms with Crippen molar-refractivity contribution in [1.29, 1.82) is 0 Å². The molecule has 1 aromatic carbocycles. The SMILES string of the molecule is CC.Cc1cc(NC2=NC=C(F)CC(=NC3C4C=CC(C4)C3C(N)=O)N2)ccc1N1CCCC1. The van der Waals surface area contributed by atoms with Gasteiger partial charge in [-0.3, -0.25) is 9.79 Å². The zero-order chi connectivity index (χ0) is 24.2. The molecular weight excluding hydrogens is 431 g/mol. The fourth-order valence-corrected chi connectivity index (χ4v) is 5.41. The summed E-state index contributed by atoms with van der Waals surface area (Å²) in [5, 5.41) is 6.39. The molecule has 0 spiro atoms. The molecule has 2 aliphatic carbocycles. The number of anilines is 2. The molecule has 1 aromatic rings. The number of halogens is 1. The molecule has 1 saturated heterocycles. The lowest BCUT2D eigenvalue weighted by molar-refractivity contribution is -0.122. The van der Waals surface area contributed by atoms with Crippen LogP contribution in [0.5, 0.6) is 0 Å². The minimum atomic E-state index is -0.386. The summed E-state index contributed by atoms with van der Waals surface area (Å²) >= 11 is 0. The van der Waals surface area contributed by atoms with Crippen LogP contribution in [-0.4, -0.2) is 36.8 Å². The molecule has 34 heavy (non-hydrogen) atoms. The predicted octanol–water partition coefficient (Wildman–Crippen LogP) is 4.27. The van der Waals surface area contributed by atoms with Crippen LogP contribution in [0.2, 0.25) is 0 Å². The monoisotopic (exact) mass is 466 g/mol. The van der Waals surface area contributed by atoms with Gasteiger partial charge in [0.15, 0.2) is 0 Å². The molecule has 1 amide bonds. The predicted molar refractivity (Wildman–Crippen MR) is 137 cm³/mol. The number of primary amides is 1. The van der Waals surface area contributed by atoms with Crippen LogP contribution in [0.4, 0.5) is 15.8 Å². The van der Waals surface area contributed by atoms with Gasteiger partial charge >= 0.3 is 0 Å². The Balaban J connectivity index is 0.00000133. The van der Waals surface area contributed by atoms with E-state index in [0.29, 0.717) is 11.8 Å². The molecule has 5 rings (SSSR count). The highest BCUT2D eigenvalue weighted by atomic mass is 19.1. The zero-order valence-corrected chi connectivity index (χ0v) is 20.2. The van der Waals surface area contributed by atoms with Crippen LogP contribution in [0.25, 0.3) is 0 Å². The summed E-state index contributed by atoms with van der Waals surface area (Å²) in [5.41, 5.74) is 8.95. The Morgan fingerprint density at radius 1 is 1.24 bits per heavy atom. The van der Waals surface area contributed by atoms with E-state index in [0.717, 1.165) is 25.2 Å². The van der Waals surface area contributed by atoms with Crippen molar-refractivity contribution in [3.8, 4) is 0 Å². The highest BCUT2D eigenvalue weighted by Gasteiger charge is 2.47. The zero-order valence-electron chi connectivity index (χ0n) is 20.2. The van der Waals surface area contributed by atoms with Gasteiger partial charge in [-0.15, -0.1) is 0 Å². The van der Waals surface area contributed by atoms with Crippen molar-refractivity contribution >= 4 is 29.1 Å². The van der Waals surface area contributed by atoms with Gasteiger partial charge in [-0.1, -0.05) is 26.0 Å². The number of fused-ring (bicyclic) bond motifs is 2. The average Bonchev–Trinajstić information content (AvgIpc) is 3.55.